The van der Waals surface area contributed by atoms with Crippen molar-refractivity contribution in [2.75, 3.05) is 0 Å². The smallest absolute Gasteiger partial charge is 0.0666 e. The van der Waals surface area contributed by atoms with Crippen molar-refractivity contribution in [3.8, 4) is 6.07 Å². The number of hydrogen-bond donors (Lipinski definition) is 0. The summed E-state index contributed by atoms with van der Waals surface area (Å²) in [7, 11) is 0. The van der Waals surface area contributed by atoms with Crippen molar-refractivity contribution in [1.82, 2.24) is 0 Å². The molecule has 0 aromatic carbocycles. The van der Waals surface area contributed by atoms with Crippen LogP contribution in [-0.2, 0) is 0 Å². The van der Waals surface area contributed by atoms with E-state index in [2.05, 4.69) is 19.1 Å². The zero-order chi connectivity index (χ0) is 6.41. The van der Waals surface area contributed by atoms with Crippen molar-refractivity contribution in [3.05, 3.63) is 11.6 Å². The van der Waals surface area contributed by atoms with Gasteiger partial charge < -0.3 is 0 Å². The van der Waals surface area contributed by atoms with Crippen LogP contribution in [0.15, 0.2) is 11.6 Å². The summed E-state index contributed by atoms with van der Waals surface area (Å²) in [5.41, 5.74) is 1.18. The van der Waals surface area contributed by atoms with Crippen LogP contribution in [-0.4, -0.2) is 0 Å². The Morgan fingerprint density at radius 2 is 2.38 bits per heavy atom. The first-order valence-electron chi connectivity index (χ1n) is 2.83. The van der Waals surface area contributed by atoms with E-state index in [-0.39, 0.29) is 0 Å². The van der Waals surface area contributed by atoms with E-state index in [1.165, 1.54) is 5.57 Å². The van der Waals surface area contributed by atoms with Gasteiger partial charge in [0, 0.05) is 0 Å². The van der Waals surface area contributed by atoms with Crippen LogP contribution in [0.2, 0.25) is 0 Å². The molecule has 0 unspecified atom stereocenters. The highest BCUT2D eigenvalue weighted by atomic mass is 14.2. The molecule has 8 heavy (non-hydrogen) atoms. The maximum atomic E-state index is 8.17. The van der Waals surface area contributed by atoms with Gasteiger partial charge in [0.05, 0.1) is 12.5 Å². The second-order valence-electron chi connectivity index (χ2n) is 1.79. The second-order valence-corrected chi connectivity index (χ2v) is 1.79. The van der Waals surface area contributed by atoms with E-state index in [1.807, 2.05) is 6.92 Å². The molecule has 0 heterocycles. The monoisotopic (exact) mass is 109 g/mol. The van der Waals surface area contributed by atoms with E-state index < -0.39 is 0 Å². The van der Waals surface area contributed by atoms with Gasteiger partial charge in [0.15, 0.2) is 0 Å². The molecule has 0 rings (SSSR count). The minimum atomic E-state index is 0.577. The Hall–Kier alpha value is -0.770. The number of nitrogens with zero attached hydrogens (tertiary/aromatic N) is 1. The van der Waals surface area contributed by atoms with E-state index in [1.54, 1.807) is 0 Å². The van der Waals surface area contributed by atoms with Gasteiger partial charge in [0.25, 0.3) is 0 Å². The lowest BCUT2D eigenvalue weighted by molar-refractivity contribution is 1.13. The quantitative estimate of drug-likeness (QED) is 0.499. The summed E-state index contributed by atoms with van der Waals surface area (Å²) in [6, 6.07) is 2.08. The lowest BCUT2D eigenvalue weighted by Gasteiger charge is -1.86. The lowest BCUT2D eigenvalue weighted by Crippen LogP contribution is -1.70. The highest BCUT2D eigenvalue weighted by Crippen LogP contribution is 1.98. The van der Waals surface area contributed by atoms with Crippen molar-refractivity contribution >= 4 is 0 Å². The first-order valence-corrected chi connectivity index (χ1v) is 2.83. The summed E-state index contributed by atoms with van der Waals surface area (Å²) in [6.45, 7) is 4.05. The van der Waals surface area contributed by atoms with Crippen LogP contribution in [0.3, 0.4) is 0 Å². The summed E-state index contributed by atoms with van der Waals surface area (Å²) >= 11 is 0. The third-order valence-corrected chi connectivity index (χ3v) is 0.910. The third kappa shape index (κ3) is 3.42. The summed E-state index contributed by atoms with van der Waals surface area (Å²) < 4.78 is 0. The largest absolute Gasteiger partial charge is 0.198 e. The highest BCUT2D eigenvalue weighted by molar-refractivity contribution is 5.03. The van der Waals surface area contributed by atoms with Gasteiger partial charge in [-0.15, -0.1) is 0 Å². The van der Waals surface area contributed by atoms with Gasteiger partial charge in [-0.3, -0.25) is 0 Å². The predicted molar refractivity (Wildman–Crippen MR) is 34.3 cm³/mol. The molecule has 0 aromatic rings. The van der Waals surface area contributed by atoms with E-state index in [9.17, 15) is 0 Å². The van der Waals surface area contributed by atoms with E-state index in [4.69, 9.17) is 5.26 Å². The molecule has 0 fully saturated rings. The summed E-state index contributed by atoms with van der Waals surface area (Å²) in [4.78, 5) is 0. The number of hydrogen-bond acceptors (Lipinski definition) is 1. The number of nitriles is 1. The van der Waals surface area contributed by atoms with Crippen LogP contribution < -0.4 is 0 Å². The van der Waals surface area contributed by atoms with Crippen LogP contribution in [0.25, 0.3) is 0 Å². The molecule has 0 atom stereocenters. The standard InChI is InChI=1S/C7H11N/c1-3-4-7(2)5-6-8/h4H,3,5H2,1-2H3/b7-4-. The summed E-state index contributed by atoms with van der Waals surface area (Å²) in [5.74, 6) is 0. The van der Waals surface area contributed by atoms with Crippen LogP contribution in [0, 0.1) is 11.3 Å². The Labute approximate surface area is 50.6 Å². The normalized spacial score (nSPS) is 10.9. The van der Waals surface area contributed by atoms with Gasteiger partial charge in [-0.2, -0.15) is 5.26 Å². The molecule has 1 heteroatoms. The fraction of sp³-hybridized carbons (Fsp3) is 0.571. The van der Waals surface area contributed by atoms with Gasteiger partial charge in [-0.05, 0) is 13.3 Å². The van der Waals surface area contributed by atoms with Gasteiger partial charge in [0.2, 0.25) is 0 Å². The molecule has 0 spiro atoms. The number of allylic oxidation sites excluding steroid dienone is 2. The molecule has 0 radical (unpaired) electrons. The molecule has 0 saturated heterocycles. The van der Waals surface area contributed by atoms with Crippen molar-refractivity contribution in [2.24, 2.45) is 0 Å². The predicted octanol–water partition coefficient (Wildman–Crippen LogP) is 2.26. The van der Waals surface area contributed by atoms with E-state index in [0.717, 1.165) is 6.42 Å². The fourth-order valence-electron chi connectivity index (χ4n) is 0.545. The Kier molecular flexibility index (Phi) is 3.97. The zero-order valence-corrected chi connectivity index (χ0v) is 5.44. The molecule has 0 aliphatic carbocycles. The van der Waals surface area contributed by atoms with Crippen LogP contribution in [0.1, 0.15) is 26.7 Å². The summed E-state index contributed by atoms with van der Waals surface area (Å²) in [6.07, 6.45) is 3.69. The Balaban J connectivity index is 3.49. The SMILES string of the molecule is CC/C=C(/C)CC#N. The second kappa shape index (κ2) is 4.39. The molecule has 0 amide bonds. The lowest BCUT2D eigenvalue weighted by atomic mass is 10.2. The molecule has 1 nitrogen and oxygen atoms in total. The maximum Gasteiger partial charge on any atom is 0.0666 e. The van der Waals surface area contributed by atoms with Crippen molar-refractivity contribution in [2.45, 2.75) is 26.7 Å². The van der Waals surface area contributed by atoms with Gasteiger partial charge in [-0.1, -0.05) is 18.6 Å². The topological polar surface area (TPSA) is 23.8 Å². The molecule has 0 bridgehead atoms. The molecule has 0 aliphatic heterocycles. The van der Waals surface area contributed by atoms with E-state index >= 15 is 0 Å². The summed E-state index contributed by atoms with van der Waals surface area (Å²) in [5, 5.41) is 8.17. The van der Waals surface area contributed by atoms with Crippen molar-refractivity contribution < 1.29 is 0 Å². The number of rotatable bonds is 2. The maximum absolute atomic E-state index is 8.17. The van der Waals surface area contributed by atoms with Crippen LogP contribution in [0.4, 0.5) is 0 Å². The molecule has 0 N–H and O–H groups in total. The molecular formula is C7H11N. The molecule has 0 aliphatic rings. The molecule has 0 aromatic heterocycles. The fourth-order valence-corrected chi connectivity index (χ4v) is 0.545. The average molecular weight is 109 g/mol. The van der Waals surface area contributed by atoms with Gasteiger partial charge in [0.1, 0.15) is 0 Å². The van der Waals surface area contributed by atoms with Gasteiger partial charge in [-0.25, -0.2) is 0 Å². The molecular weight excluding hydrogens is 98.1 g/mol. The Bertz CT molecular complexity index is 117. The van der Waals surface area contributed by atoms with Crippen molar-refractivity contribution in [3.63, 3.8) is 0 Å². The third-order valence-electron chi connectivity index (χ3n) is 0.910. The zero-order valence-electron chi connectivity index (χ0n) is 5.44. The Morgan fingerprint density at radius 3 is 2.75 bits per heavy atom. The molecule has 44 valence electrons. The van der Waals surface area contributed by atoms with Crippen LogP contribution >= 0.6 is 0 Å². The van der Waals surface area contributed by atoms with Crippen LogP contribution in [0.5, 0.6) is 0 Å². The first kappa shape index (κ1) is 7.23. The van der Waals surface area contributed by atoms with Crippen molar-refractivity contribution in [1.29, 1.82) is 5.26 Å². The Morgan fingerprint density at radius 1 is 1.75 bits per heavy atom. The minimum absolute atomic E-state index is 0.577. The average Bonchev–Trinajstić information content (AvgIpc) is 1.68. The molecule has 0 saturated carbocycles. The minimum Gasteiger partial charge on any atom is -0.198 e. The van der Waals surface area contributed by atoms with Gasteiger partial charge >= 0.3 is 0 Å². The highest BCUT2D eigenvalue weighted by Gasteiger charge is 1.81. The van der Waals surface area contributed by atoms with E-state index in [0.29, 0.717) is 6.42 Å². The first-order chi connectivity index (χ1) is 3.81.